The van der Waals surface area contributed by atoms with Gasteiger partial charge in [-0.05, 0) is 13.8 Å². The summed E-state index contributed by atoms with van der Waals surface area (Å²) in [5.41, 5.74) is 3.50. The van der Waals surface area contributed by atoms with E-state index in [1.54, 1.807) is 11.3 Å². The van der Waals surface area contributed by atoms with E-state index in [2.05, 4.69) is 33.6 Å². The summed E-state index contributed by atoms with van der Waals surface area (Å²) in [6.45, 7) is 9.16. The predicted molar refractivity (Wildman–Crippen MR) is 69.2 cm³/mol. The van der Waals surface area contributed by atoms with Gasteiger partial charge in [-0.25, -0.2) is 4.98 Å². The number of halogens is 1. The van der Waals surface area contributed by atoms with Crippen LogP contribution in [-0.2, 0) is 6.54 Å². The van der Waals surface area contributed by atoms with E-state index in [1.165, 1.54) is 11.4 Å². The van der Waals surface area contributed by atoms with Crippen LogP contribution in [0.2, 0.25) is 0 Å². The van der Waals surface area contributed by atoms with E-state index in [-0.39, 0.29) is 0 Å². The fourth-order valence-electron chi connectivity index (χ4n) is 1.69. The van der Waals surface area contributed by atoms with Gasteiger partial charge in [0.2, 0.25) is 0 Å². The molecule has 0 saturated carbocycles. The molecule has 0 amide bonds. The van der Waals surface area contributed by atoms with Crippen LogP contribution in [0.3, 0.4) is 0 Å². The fraction of sp³-hybridized carbons (Fsp3) is 0.364. The molecule has 0 radical (unpaired) electrons. The molecule has 0 unspecified atom stereocenters. The molecule has 0 fully saturated rings. The summed E-state index contributed by atoms with van der Waals surface area (Å²) in [6.07, 6.45) is 0. The minimum Gasteiger partial charge on any atom is -0.306 e. The van der Waals surface area contributed by atoms with Crippen molar-refractivity contribution in [2.45, 2.75) is 20.4 Å². The number of fused-ring (bicyclic) bond motifs is 1. The van der Waals surface area contributed by atoms with E-state index < -0.39 is 0 Å². The van der Waals surface area contributed by atoms with E-state index >= 15 is 0 Å². The van der Waals surface area contributed by atoms with Gasteiger partial charge in [0.1, 0.15) is 0 Å². The first-order chi connectivity index (χ1) is 7.59. The normalized spacial score (nSPS) is 11.2. The summed E-state index contributed by atoms with van der Waals surface area (Å²) in [7, 11) is 0. The van der Waals surface area contributed by atoms with E-state index in [0.29, 0.717) is 11.6 Å². The van der Waals surface area contributed by atoms with Crippen molar-refractivity contribution in [1.82, 2.24) is 14.7 Å². The molecule has 0 aliphatic rings. The maximum absolute atomic E-state index is 5.71. The zero-order chi connectivity index (χ0) is 11.7. The molecule has 0 aliphatic carbocycles. The molecule has 0 spiro atoms. The van der Waals surface area contributed by atoms with Crippen molar-refractivity contribution in [3.8, 4) is 0 Å². The largest absolute Gasteiger partial charge is 0.306 e. The molecule has 2 heterocycles. The van der Waals surface area contributed by atoms with Crippen LogP contribution in [0.1, 0.15) is 17.1 Å². The number of hydrogen-bond acceptors (Lipinski definition) is 3. The van der Waals surface area contributed by atoms with Gasteiger partial charge < -0.3 is 5.32 Å². The topological polar surface area (TPSA) is 29.3 Å². The molecular formula is C11H14ClN3S. The summed E-state index contributed by atoms with van der Waals surface area (Å²) in [5, 5.41) is 5.99. The second-order valence-corrected chi connectivity index (χ2v) is 5.13. The summed E-state index contributed by atoms with van der Waals surface area (Å²) in [4.78, 5) is 5.57. The number of thiazole rings is 1. The molecule has 2 aromatic rings. The molecule has 3 nitrogen and oxygen atoms in total. The smallest absolute Gasteiger partial charge is 0.194 e. The van der Waals surface area contributed by atoms with Gasteiger partial charge in [0.15, 0.2) is 4.96 Å². The third-order valence-electron chi connectivity index (χ3n) is 2.44. The number of imidazole rings is 1. The number of aryl methyl sites for hydroxylation is 2. The molecule has 0 saturated heterocycles. The zero-order valence-electron chi connectivity index (χ0n) is 9.38. The maximum Gasteiger partial charge on any atom is 0.194 e. The lowest BCUT2D eigenvalue weighted by molar-refractivity contribution is 0.723. The number of aromatic nitrogens is 2. The van der Waals surface area contributed by atoms with Gasteiger partial charge in [-0.2, -0.15) is 0 Å². The van der Waals surface area contributed by atoms with Crippen molar-refractivity contribution in [3.63, 3.8) is 0 Å². The Hall–Kier alpha value is -0.840. The average Bonchev–Trinajstić information content (AvgIpc) is 2.69. The quantitative estimate of drug-likeness (QED) is 0.910. The monoisotopic (exact) mass is 255 g/mol. The summed E-state index contributed by atoms with van der Waals surface area (Å²) in [5.74, 6) is 0. The lowest BCUT2D eigenvalue weighted by Gasteiger charge is -2.04. The summed E-state index contributed by atoms with van der Waals surface area (Å²) < 4.78 is 2.18. The molecule has 5 heteroatoms. The Balaban J connectivity index is 2.24. The molecule has 0 atom stereocenters. The van der Waals surface area contributed by atoms with Crippen molar-refractivity contribution in [1.29, 1.82) is 0 Å². The van der Waals surface area contributed by atoms with Crippen LogP contribution in [-0.4, -0.2) is 15.9 Å². The third kappa shape index (κ3) is 2.14. The number of nitrogens with one attached hydrogen (secondary N) is 1. The molecule has 0 aromatic carbocycles. The second kappa shape index (κ2) is 4.57. The SMILES string of the molecule is C=C(Cl)CNCc1c(C)nc2scc(C)n12. The van der Waals surface area contributed by atoms with Crippen molar-refractivity contribution in [2.75, 3.05) is 6.54 Å². The van der Waals surface area contributed by atoms with Crippen molar-refractivity contribution in [3.05, 3.63) is 34.1 Å². The highest BCUT2D eigenvalue weighted by Crippen LogP contribution is 2.20. The van der Waals surface area contributed by atoms with Gasteiger partial charge in [-0.15, -0.1) is 11.3 Å². The Morgan fingerprint density at radius 3 is 3.06 bits per heavy atom. The Kier molecular flexibility index (Phi) is 3.33. The Bertz CT molecular complexity index is 527. The maximum atomic E-state index is 5.71. The summed E-state index contributed by atoms with van der Waals surface area (Å²) in [6, 6.07) is 0. The Morgan fingerprint density at radius 2 is 2.38 bits per heavy atom. The molecular weight excluding hydrogens is 242 g/mol. The van der Waals surface area contributed by atoms with Crippen LogP contribution < -0.4 is 5.32 Å². The summed E-state index contributed by atoms with van der Waals surface area (Å²) >= 11 is 7.38. The zero-order valence-corrected chi connectivity index (χ0v) is 11.0. The third-order valence-corrected chi connectivity index (χ3v) is 3.52. The molecule has 1 N–H and O–H groups in total. The van der Waals surface area contributed by atoms with Crippen LogP contribution in [0.5, 0.6) is 0 Å². The molecule has 86 valence electrons. The number of nitrogens with zero attached hydrogens (tertiary/aromatic N) is 2. The second-order valence-electron chi connectivity index (χ2n) is 3.76. The van der Waals surface area contributed by atoms with Gasteiger partial charge in [0.25, 0.3) is 0 Å². The van der Waals surface area contributed by atoms with E-state index in [9.17, 15) is 0 Å². The fourth-order valence-corrected chi connectivity index (χ4v) is 2.72. The molecule has 0 bridgehead atoms. The first-order valence-corrected chi connectivity index (χ1v) is 6.31. The van der Waals surface area contributed by atoms with Crippen molar-refractivity contribution in [2.24, 2.45) is 0 Å². The number of rotatable bonds is 4. The van der Waals surface area contributed by atoms with Crippen LogP contribution in [0.15, 0.2) is 17.0 Å². The highest BCUT2D eigenvalue weighted by atomic mass is 35.5. The van der Waals surface area contributed by atoms with Gasteiger partial charge in [-0.3, -0.25) is 4.40 Å². The molecule has 2 rings (SSSR count). The Morgan fingerprint density at radius 1 is 1.62 bits per heavy atom. The first-order valence-electron chi connectivity index (χ1n) is 5.05. The molecule has 0 aliphatic heterocycles. The van der Waals surface area contributed by atoms with Gasteiger partial charge in [0.05, 0.1) is 11.4 Å². The standard InChI is InChI=1S/C11H14ClN3S/c1-7(12)4-13-5-10-9(3)14-11-15(10)8(2)6-16-11/h6,13H,1,4-5H2,2-3H3. The lowest BCUT2D eigenvalue weighted by Crippen LogP contribution is -2.16. The molecule has 2 aromatic heterocycles. The van der Waals surface area contributed by atoms with Gasteiger partial charge >= 0.3 is 0 Å². The van der Waals surface area contributed by atoms with E-state index in [0.717, 1.165) is 17.2 Å². The van der Waals surface area contributed by atoms with Crippen LogP contribution in [0.4, 0.5) is 0 Å². The van der Waals surface area contributed by atoms with Gasteiger partial charge in [-0.1, -0.05) is 18.2 Å². The number of hydrogen-bond donors (Lipinski definition) is 1. The van der Waals surface area contributed by atoms with Gasteiger partial charge in [0, 0.05) is 29.2 Å². The van der Waals surface area contributed by atoms with E-state index in [4.69, 9.17) is 11.6 Å². The average molecular weight is 256 g/mol. The van der Waals surface area contributed by atoms with Crippen LogP contribution >= 0.6 is 22.9 Å². The first kappa shape index (κ1) is 11.6. The highest BCUT2D eigenvalue weighted by molar-refractivity contribution is 7.15. The predicted octanol–water partition coefficient (Wildman–Crippen LogP) is 2.85. The van der Waals surface area contributed by atoms with Crippen molar-refractivity contribution < 1.29 is 0 Å². The van der Waals surface area contributed by atoms with Crippen LogP contribution in [0, 0.1) is 13.8 Å². The minimum absolute atomic E-state index is 0.622. The molecule has 16 heavy (non-hydrogen) atoms. The van der Waals surface area contributed by atoms with E-state index in [1.807, 2.05) is 6.92 Å². The minimum atomic E-state index is 0.622. The Labute approximate surface area is 104 Å². The lowest BCUT2D eigenvalue weighted by atomic mass is 10.3. The highest BCUT2D eigenvalue weighted by Gasteiger charge is 2.11. The van der Waals surface area contributed by atoms with Crippen LogP contribution in [0.25, 0.3) is 4.96 Å². The van der Waals surface area contributed by atoms with Crippen molar-refractivity contribution >= 4 is 27.9 Å².